The number of rotatable bonds is 2. The third kappa shape index (κ3) is 1.81. The number of primary amides is 1. The standard InChI is InChI=1S/C14H9N5O2/c1-21-19-11-8-5-3-2-4-7(8)10-13(11)17-9(6-15)12(18-10)14(16)20/h2-5H,1H3,(H2,16,20)/b19-11+. The largest absolute Gasteiger partial charge is 0.399 e. The summed E-state index contributed by atoms with van der Waals surface area (Å²) >= 11 is 0. The molecule has 1 aromatic heterocycles. The summed E-state index contributed by atoms with van der Waals surface area (Å²) in [6.45, 7) is 0. The highest BCUT2D eigenvalue weighted by atomic mass is 16.6. The summed E-state index contributed by atoms with van der Waals surface area (Å²) in [5.41, 5.74) is 7.86. The van der Waals surface area contributed by atoms with Crippen LogP contribution in [0.1, 0.15) is 27.4 Å². The summed E-state index contributed by atoms with van der Waals surface area (Å²) < 4.78 is 0. The maximum absolute atomic E-state index is 11.4. The monoisotopic (exact) mass is 279 g/mol. The zero-order valence-electron chi connectivity index (χ0n) is 11.0. The molecule has 1 aliphatic rings. The van der Waals surface area contributed by atoms with Crippen molar-refractivity contribution in [1.29, 1.82) is 5.26 Å². The van der Waals surface area contributed by atoms with E-state index < -0.39 is 5.91 Å². The molecule has 102 valence electrons. The van der Waals surface area contributed by atoms with Gasteiger partial charge in [0.25, 0.3) is 5.91 Å². The number of oxime groups is 1. The lowest BCUT2D eigenvalue weighted by atomic mass is 10.1. The van der Waals surface area contributed by atoms with E-state index >= 15 is 0 Å². The Bertz CT molecular complexity index is 836. The van der Waals surface area contributed by atoms with Gasteiger partial charge in [-0.3, -0.25) is 4.79 Å². The fourth-order valence-electron chi connectivity index (χ4n) is 2.25. The minimum Gasteiger partial charge on any atom is -0.399 e. The van der Waals surface area contributed by atoms with Gasteiger partial charge >= 0.3 is 0 Å². The first-order valence-corrected chi connectivity index (χ1v) is 6.00. The maximum atomic E-state index is 11.4. The van der Waals surface area contributed by atoms with Crippen LogP contribution in [0.15, 0.2) is 29.4 Å². The second-order valence-corrected chi connectivity index (χ2v) is 4.26. The average molecular weight is 279 g/mol. The average Bonchev–Trinajstić information content (AvgIpc) is 2.80. The highest BCUT2D eigenvalue weighted by Crippen LogP contribution is 2.34. The van der Waals surface area contributed by atoms with Crippen LogP contribution in [-0.4, -0.2) is 28.7 Å². The van der Waals surface area contributed by atoms with E-state index in [-0.39, 0.29) is 11.4 Å². The Hall–Kier alpha value is -3.27. The van der Waals surface area contributed by atoms with Crippen molar-refractivity contribution >= 4 is 11.6 Å². The van der Waals surface area contributed by atoms with E-state index in [2.05, 4.69) is 15.1 Å². The Balaban J connectivity index is 2.37. The van der Waals surface area contributed by atoms with Gasteiger partial charge in [0.2, 0.25) is 0 Å². The van der Waals surface area contributed by atoms with Crippen molar-refractivity contribution in [2.75, 3.05) is 7.11 Å². The molecule has 0 atom stereocenters. The summed E-state index contributed by atoms with van der Waals surface area (Å²) in [5, 5.41) is 13.0. The molecule has 2 aromatic rings. The summed E-state index contributed by atoms with van der Waals surface area (Å²) in [5.74, 6) is -0.795. The second kappa shape index (κ2) is 4.68. The zero-order valence-corrected chi connectivity index (χ0v) is 11.0. The number of nitrogens with zero attached hydrogens (tertiary/aromatic N) is 4. The Labute approximate surface area is 119 Å². The molecule has 1 heterocycles. The van der Waals surface area contributed by atoms with Crippen LogP contribution in [0.2, 0.25) is 0 Å². The molecule has 0 bridgehead atoms. The van der Waals surface area contributed by atoms with Gasteiger partial charge < -0.3 is 10.6 Å². The third-order valence-corrected chi connectivity index (χ3v) is 3.08. The van der Waals surface area contributed by atoms with E-state index in [9.17, 15) is 4.79 Å². The number of nitriles is 1. The Morgan fingerprint density at radius 2 is 2.00 bits per heavy atom. The first-order chi connectivity index (χ1) is 10.2. The molecule has 1 amide bonds. The molecule has 0 fully saturated rings. The number of nitrogens with two attached hydrogens (primary N) is 1. The van der Waals surface area contributed by atoms with Crippen molar-refractivity contribution in [1.82, 2.24) is 9.97 Å². The molecule has 1 aromatic carbocycles. The molecule has 7 heteroatoms. The molecule has 2 N–H and O–H groups in total. The molecule has 0 saturated carbocycles. The molecule has 0 saturated heterocycles. The molecular weight excluding hydrogens is 270 g/mol. The second-order valence-electron chi connectivity index (χ2n) is 4.26. The fourth-order valence-corrected chi connectivity index (χ4v) is 2.25. The first-order valence-electron chi connectivity index (χ1n) is 6.00. The Kier molecular flexibility index (Phi) is 2.84. The summed E-state index contributed by atoms with van der Waals surface area (Å²) in [4.78, 5) is 24.6. The van der Waals surface area contributed by atoms with Gasteiger partial charge in [-0.2, -0.15) is 5.26 Å². The van der Waals surface area contributed by atoms with Gasteiger partial charge in [0, 0.05) is 11.1 Å². The Morgan fingerprint density at radius 1 is 1.29 bits per heavy atom. The van der Waals surface area contributed by atoms with Crippen LogP contribution in [0.4, 0.5) is 0 Å². The lowest BCUT2D eigenvalue weighted by Gasteiger charge is -2.03. The smallest absolute Gasteiger partial charge is 0.270 e. The number of benzene rings is 1. The van der Waals surface area contributed by atoms with Gasteiger partial charge in [0.15, 0.2) is 11.4 Å². The zero-order chi connectivity index (χ0) is 15.0. The van der Waals surface area contributed by atoms with Crippen molar-refractivity contribution in [2.24, 2.45) is 10.9 Å². The number of fused-ring (bicyclic) bond motifs is 3. The molecular formula is C14H9N5O2. The van der Waals surface area contributed by atoms with Gasteiger partial charge in [-0.05, 0) is 0 Å². The number of hydrogen-bond donors (Lipinski definition) is 1. The SMILES string of the molecule is CO/N=C1\c2ccccc2-c2nc(C(N)=O)c(C#N)nc21. The quantitative estimate of drug-likeness (QED) is 0.697. The lowest BCUT2D eigenvalue weighted by Crippen LogP contribution is -2.18. The van der Waals surface area contributed by atoms with Gasteiger partial charge in [-0.25, -0.2) is 9.97 Å². The molecule has 7 nitrogen and oxygen atoms in total. The van der Waals surface area contributed by atoms with Crippen LogP contribution < -0.4 is 5.73 Å². The number of carbonyl (C=O) groups is 1. The summed E-state index contributed by atoms with van der Waals surface area (Å²) in [6, 6.07) is 9.18. The van der Waals surface area contributed by atoms with Crippen molar-refractivity contribution in [3.8, 4) is 17.3 Å². The van der Waals surface area contributed by atoms with E-state index in [4.69, 9.17) is 15.8 Å². The van der Waals surface area contributed by atoms with E-state index in [1.807, 2.05) is 30.3 Å². The van der Waals surface area contributed by atoms with Gasteiger partial charge in [-0.15, -0.1) is 0 Å². The lowest BCUT2D eigenvalue weighted by molar-refractivity contribution is 0.0995. The van der Waals surface area contributed by atoms with Crippen molar-refractivity contribution in [3.63, 3.8) is 0 Å². The van der Waals surface area contributed by atoms with Crippen LogP contribution in [0.3, 0.4) is 0 Å². The normalized spacial score (nSPS) is 13.4. The molecule has 0 radical (unpaired) electrons. The molecule has 21 heavy (non-hydrogen) atoms. The van der Waals surface area contributed by atoms with Gasteiger partial charge in [0.1, 0.15) is 30.3 Å². The van der Waals surface area contributed by atoms with Crippen LogP contribution >= 0.6 is 0 Å². The van der Waals surface area contributed by atoms with Crippen molar-refractivity contribution < 1.29 is 9.63 Å². The summed E-state index contributed by atoms with van der Waals surface area (Å²) in [7, 11) is 1.42. The molecule has 0 unspecified atom stereocenters. The predicted molar refractivity (Wildman–Crippen MR) is 73.3 cm³/mol. The number of carbonyl (C=O) groups excluding carboxylic acids is 1. The summed E-state index contributed by atoms with van der Waals surface area (Å²) in [6.07, 6.45) is 0. The highest BCUT2D eigenvalue weighted by Gasteiger charge is 2.31. The predicted octanol–water partition coefficient (Wildman–Crippen LogP) is 0.826. The van der Waals surface area contributed by atoms with Crippen LogP contribution in [0.5, 0.6) is 0 Å². The fraction of sp³-hybridized carbons (Fsp3) is 0.0714. The topological polar surface area (TPSA) is 114 Å². The third-order valence-electron chi connectivity index (χ3n) is 3.08. The van der Waals surface area contributed by atoms with Crippen LogP contribution in [-0.2, 0) is 4.84 Å². The molecule has 1 aliphatic carbocycles. The first kappa shape index (κ1) is 12.7. The maximum Gasteiger partial charge on any atom is 0.270 e. The van der Waals surface area contributed by atoms with Gasteiger partial charge in [-0.1, -0.05) is 29.4 Å². The Morgan fingerprint density at radius 3 is 2.62 bits per heavy atom. The van der Waals surface area contributed by atoms with E-state index in [1.54, 1.807) is 0 Å². The van der Waals surface area contributed by atoms with E-state index in [0.29, 0.717) is 17.1 Å². The van der Waals surface area contributed by atoms with Crippen molar-refractivity contribution in [3.05, 3.63) is 46.9 Å². The minimum absolute atomic E-state index is 0.127. The van der Waals surface area contributed by atoms with E-state index in [1.165, 1.54) is 7.11 Å². The van der Waals surface area contributed by atoms with Crippen molar-refractivity contribution in [2.45, 2.75) is 0 Å². The van der Waals surface area contributed by atoms with Crippen LogP contribution in [0.25, 0.3) is 11.3 Å². The molecule has 0 aliphatic heterocycles. The number of hydrogen-bond acceptors (Lipinski definition) is 6. The minimum atomic E-state index is -0.795. The highest BCUT2D eigenvalue weighted by molar-refractivity contribution is 6.22. The molecule has 3 rings (SSSR count). The van der Waals surface area contributed by atoms with Gasteiger partial charge in [0.05, 0.1) is 0 Å². The number of amides is 1. The molecule has 0 spiro atoms. The van der Waals surface area contributed by atoms with E-state index in [0.717, 1.165) is 11.1 Å². The number of aromatic nitrogens is 2. The van der Waals surface area contributed by atoms with Crippen LogP contribution in [0, 0.1) is 11.3 Å².